The number of amides is 1. The number of carbonyl (C=O) groups is 1. The van der Waals surface area contributed by atoms with Crippen molar-refractivity contribution in [1.82, 2.24) is 4.90 Å². The van der Waals surface area contributed by atoms with E-state index in [-0.39, 0.29) is 5.41 Å². The van der Waals surface area contributed by atoms with Crippen molar-refractivity contribution in [2.75, 3.05) is 13.1 Å². The van der Waals surface area contributed by atoms with E-state index in [2.05, 4.69) is 18.7 Å². The Morgan fingerprint density at radius 3 is 2.41 bits per heavy atom. The molecule has 2 rings (SSSR count). The number of carbonyl (C=O) groups excluding carboxylic acids is 1. The maximum Gasteiger partial charge on any atom is 0.223 e. The molecule has 2 aliphatic carbocycles. The number of hydrogen-bond donors (Lipinski definition) is 1. The predicted octanol–water partition coefficient (Wildman–Crippen LogP) is 2.15. The van der Waals surface area contributed by atoms with Gasteiger partial charge in [0.25, 0.3) is 0 Å². The molecule has 3 nitrogen and oxygen atoms in total. The molecule has 2 aliphatic rings. The number of nitrogens with zero attached hydrogens (tertiary/aromatic N) is 1. The molecular weight excluding hydrogens is 212 g/mol. The number of nitrogens with two attached hydrogens (primary N) is 1. The molecule has 2 fully saturated rings. The minimum Gasteiger partial charge on any atom is -0.340 e. The summed E-state index contributed by atoms with van der Waals surface area (Å²) in [6.45, 7) is 5.89. The average molecular weight is 238 g/mol. The van der Waals surface area contributed by atoms with Crippen LogP contribution in [0.1, 0.15) is 52.4 Å². The van der Waals surface area contributed by atoms with E-state index in [1.165, 1.54) is 19.3 Å². The van der Waals surface area contributed by atoms with Crippen molar-refractivity contribution in [3.8, 4) is 0 Å². The maximum absolute atomic E-state index is 12.4. The number of hydrogen-bond acceptors (Lipinski definition) is 2. The smallest absolute Gasteiger partial charge is 0.223 e. The first-order chi connectivity index (χ1) is 8.06. The SMILES string of the molecule is CC(C)N(CC1CC1)C(=O)CC1(CN)CCC1. The topological polar surface area (TPSA) is 46.3 Å². The summed E-state index contributed by atoms with van der Waals surface area (Å²) in [6.07, 6.45) is 6.81. The molecule has 0 aromatic heterocycles. The van der Waals surface area contributed by atoms with E-state index in [9.17, 15) is 4.79 Å². The van der Waals surface area contributed by atoms with Crippen molar-refractivity contribution in [2.45, 2.75) is 58.4 Å². The van der Waals surface area contributed by atoms with Gasteiger partial charge in [0, 0.05) is 19.0 Å². The van der Waals surface area contributed by atoms with Gasteiger partial charge in [-0.2, -0.15) is 0 Å². The molecule has 0 spiro atoms. The standard InChI is InChI=1S/C14H26N2O/c1-11(2)16(9-12-4-5-12)13(17)8-14(10-15)6-3-7-14/h11-12H,3-10,15H2,1-2H3. The van der Waals surface area contributed by atoms with E-state index >= 15 is 0 Å². The minimum atomic E-state index is 0.147. The molecule has 1 amide bonds. The van der Waals surface area contributed by atoms with Gasteiger partial charge < -0.3 is 10.6 Å². The number of rotatable bonds is 6. The molecule has 0 bridgehead atoms. The van der Waals surface area contributed by atoms with Crippen LogP contribution >= 0.6 is 0 Å². The van der Waals surface area contributed by atoms with Crippen molar-refractivity contribution in [2.24, 2.45) is 17.1 Å². The molecule has 0 aromatic rings. The third kappa shape index (κ3) is 3.01. The minimum absolute atomic E-state index is 0.147. The second kappa shape index (κ2) is 4.97. The summed E-state index contributed by atoms with van der Waals surface area (Å²) >= 11 is 0. The Labute approximate surface area is 105 Å². The van der Waals surface area contributed by atoms with Gasteiger partial charge in [-0.25, -0.2) is 0 Å². The summed E-state index contributed by atoms with van der Waals surface area (Å²) in [5.74, 6) is 1.11. The first-order valence-electron chi connectivity index (χ1n) is 7.06. The lowest BCUT2D eigenvalue weighted by Gasteiger charge is -2.42. The largest absolute Gasteiger partial charge is 0.340 e. The molecule has 0 aliphatic heterocycles. The highest BCUT2D eigenvalue weighted by Crippen LogP contribution is 2.43. The predicted molar refractivity (Wildman–Crippen MR) is 69.5 cm³/mol. The van der Waals surface area contributed by atoms with Crippen LogP contribution in [0.2, 0.25) is 0 Å². The molecule has 2 saturated carbocycles. The monoisotopic (exact) mass is 238 g/mol. The Hall–Kier alpha value is -0.570. The van der Waals surface area contributed by atoms with Crippen LogP contribution in [0, 0.1) is 11.3 Å². The van der Waals surface area contributed by atoms with E-state index in [0.29, 0.717) is 24.9 Å². The van der Waals surface area contributed by atoms with Gasteiger partial charge in [0.1, 0.15) is 0 Å². The van der Waals surface area contributed by atoms with E-state index in [1.807, 2.05) is 0 Å². The Balaban J connectivity index is 1.90. The molecule has 0 saturated heterocycles. The second-order valence-electron chi connectivity index (χ2n) is 6.32. The third-order valence-electron chi connectivity index (χ3n) is 4.47. The summed E-state index contributed by atoms with van der Waals surface area (Å²) in [7, 11) is 0. The molecule has 0 aromatic carbocycles. The van der Waals surface area contributed by atoms with Gasteiger partial charge >= 0.3 is 0 Å². The quantitative estimate of drug-likeness (QED) is 0.770. The van der Waals surface area contributed by atoms with Gasteiger partial charge in [-0.15, -0.1) is 0 Å². The summed E-state index contributed by atoms with van der Waals surface area (Å²) in [5, 5.41) is 0. The molecule has 98 valence electrons. The van der Waals surface area contributed by atoms with Gasteiger partial charge in [0.15, 0.2) is 0 Å². The summed E-state index contributed by atoms with van der Waals surface area (Å²) in [4.78, 5) is 14.5. The molecular formula is C14H26N2O. The molecule has 3 heteroatoms. The van der Waals surface area contributed by atoms with Crippen molar-refractivity contribution in [3.63, 3.8) is 0 Å². The first kappa shape index (κ1) is 12.9. The fourth-order valence-electron chi connectivity index (χ4n) is 2.73. The Morgan fingerprint density at radius 2 is 2.06 bits per heavy atom. The second-order valence-corrected chi connectivity index (χ2v) is 6.32. The van der Waals surface area contributed by atoms with Crippen molar-refractivity contribution >= 4 is 5.91 Å². The highest BCUT2D eigenvalue weighted by molar-refractivity contribution is 5.77. The van der Waals surface area contributed by atoms with Crippen LogP contribution in [0.5, 0.6) is 0 Å². The summed E-state index contributed by atoms with van der Waals surface area (Å²) in [6, 6.07) is 0.331. The highest BCUT2D eigenvalue weighted by Gasteiger charge is 2.39. The van der Waals surface area contributed by atoms with E-state index in [1.54, 1.807) is 0 Å². The zero-order valence-electron chi connectivity index (χ0n) is 11.2. The fraction of sp³-hybridized carbons (Fsp3) is 0.929. The molecule has 0 radical (unpaired) electrons. The van der Waals surface area contributed by atoms with Crippen LogP contribution < -0.4 is 5.73 Å². The van der Waals surface area contributed by atoms with Gasteiger partial charge in [0.2, 0.25) is 5.91 Å². The summed E-state index contributed by atoms with van der Waals surface area (Å²) < 4.78 is 0. The zero-order valence-corrected chi connectivity index (χ0v) is 11.2. The molecule has 2 N–H and O–H groups in total. The van der Waals surface area contributed by atoms with Crippen LogP contribution in [-0.2, 0) is 4.79 Å². The Morgan fingerprint density at radius 1 is 1.41 bits per heavy atom. The Kier molecular flexibility index (Phi) is 3.76. The lowest BCUT2D eigenvalue weighted by Crippen LogP contribution is -2.45. The molecule has 17 heavy (non-hydrogen) atoms. The highest BCUT2D eigenvalue weighted by atomic mass is 16.2. The maximum atomic E-state index is 12.4. The van der Waals surface area contributed by atoms with Gasteiger partial charge in [-0.3, -0.25) is 4.79 Å². The van der Waals surface area contributed by atoms with Crippen LogP contribution in [0.4, 0.5) is 0 Å². The zero-order chi connectivity index (χ0) is 12.5. The normalized spacial score (nSPS) is 22.4. The molecule has 0 atom stereocenters. The average Bonchev–Trinajstić information content (AvgIpc) is 3.03. The fourth-order valence-corrected chi connectivity index (χ4v) is 2.73. The van der Waals surface area contributed by atoms with Gasteiger partial charge in [-0.05, 0) is 57.4 Å². The van der Waals surface area contributed by atoms with Crippen molar-refractivity contribution in [3.05, 3.63) is 0 Å². The van der Waals surface area contributed by atoms with E-state index < -0.39 is 0 Å². The van der Waals surface area contributed by atoms with Crippen LogP contribution in [0.15, 0.2) is 0 Å². The van der Waals surface area contributed by atoms with Crippen LogP contribution in [0.3, 0.4) is 0 Å². The lowest BCUT2D eigenvalue weighted by atomic mass is 9.66. The van der Waals surface area contributed by atoms with Gasteiger partial charge in [-0.1, -0.05) is 6.42 Å². The lowest BCUT2D eigenvalue weighted by molar-refractivity contribution is -0.137. The van der Waals surface area contributed by atoms with Crippen LogP contribution in [0.25, 0.3) is 0 Å². The van der Waals surface area contributed by atoms with Gasteiger partial charge in [0.05, 0.1) is 0 Å². The van der Waals surface area contributed by atoms with Crippen molar-refractivity contribution < 1.29 is 4.79 Å². The van der Waals surface area contributed by atoms with E-state index in [4.69, 9.17) is 5.73 Å². The van der Waals surface area contributed by atoms with Crippen molar-refractivity contribution in [1.29, 1.82) is 0 Å². The first-order valence-corrected chi connectivity index (χ1v) is 7.06. The third-order valence-corrected chi connectivity index (χ3v) is 4.47. The molecule has 0 heterocycles. The Bertz CT molecular complexity index is 274. The molecule has 0 unspecified atom stereocenters. The van der Waals surface area contributed by atoms with E-state index in [0.717, 1.165) is 25.3 Å². The summed E-state index contributed by atoms with van der Waals surface area (Å²) in [5.41, 5.74) is 5.98. The van der Waals surface area contributed by atoms with Crippen LogP contribution in [-0.4, -0.2) is 29.9 Å².